The Balaban J connectivity index is 1.38. The number of halogens is 3. The van der Waals surface area contributed by atoms with E-state index >= 15 is 0 Å². The molecule has 3 heterocycles. The standard InChI is InChI=1S/C22H22ClF2N5O4S/c23-15-6-18(9-19(7-15)29-35(33,34)4-3-31)28-21(32)14-5-17(26-10-14)8-16-1-2-20(11-27-16)30-12-22(24,25)13-30/h1-2,5-7,9-11,26,29,31H,3-4,8,12-13H2,(H,28,32). The summed E-state index contributed by atoms with van der Waals surface area (Å²) in [7, 11) is -3.75. The van der Waals surface area contributed by atoms with Crippen LogP contribution in [0.2, 0.25) is 5.02 Å². The van der Waals surface area contributed by atoms with Gasteiger partial charge in [-0.2, -0.15) is 0 Å². The number of H-pyrrole nitrogens is 1. The predicted octanol–water partition coefficient (Wildman–Crippen LogP) is 3.10. The number of aromatic nitrogens is 2. The molecular formula is C22H22ClF2N5O4S. The van der Waals surface area contributed by atoms with Gasteiger partial charge in [-0.15, -0.1) is 0 Å². The molecule has 0 atom stereocenters. The molecule has 9 nitrogen and oxygen atoms in total. The first-order valence-electron chi connectivity index (χ1n) is 10.5. The molecular weight excluding hydrogens is 504 g/mol. The number of anilines is 3. The summed E-state index contributed by atoms with van der Waals surface area (Å²) in [6.07, 6.45) is 3.47. The number of alkyl halides is 2. The first-order chi connectivity index (χ1) is 16.5. The highest BCUT2D eigenvalue weighted by molar-refractivity contribution is 7.92. The van der Waals surface area contributed by atoms with Gasteiger partial charge in [0.15, 0.2) is 0 Å². The second-order valence-corrected chi connectivity index (χ2v) is 10.4. The summed E-state index contributed by atoms with van der Waals surface area (Å²) in [5.41, 5.74) is 2.81. The predicted molar refractivity (Wildman–Crippen MR) is 129 cm³/mol. The number of amides is 1. The summed E-state index contributed by atoms with van der Waals surface area (Å²) >= 11 is 6.05. The molecule has 2 aromatic heterocycles. The molecule has 1 aromatic carbocycles. The summed E-state index contributed by atoms with van der Waals surface area (Å²) in [6, 6.07) is 9.39. The van der Waals surface area contributed by atoms with Crippen LogP contribution in [0.1, 0.15) is 21.7 Å². The van der Waals surface area contributed by atoms with E-state index in [1.807, 2.05) is 0 Å². The van der Waals surface area contributed by atoms with E-state index in [2.05, 4.69) is 20.0 Å². The van der Waals surface area contributed by atoms with Crippen LogP contribution in [0.4, 0.5) is 25.8 Å². The van der Waals surface area contributed by atoms with Crippen molar-refractivity contribution in [1.82, 2.24) is 9.97 Å². The molecule has 1 aliphatic heterocycles. The third-order valence-electron chi connectivity index (χ3n) is 5.18. The van der Waals surface area contributed by atoms with E-state index in [0.29, 0.717) is 23.4 Å². The summed E-state index contributed by atoms with van der Waals surface area (Å²) in [5, 5.41) is 11.7. The highest BCUT2D eigenvalue weighted by Crippen LogP contribution is 2.31. The minimum atomic E-state index is -3.75. The van der Waals surface area contributed by atoms with Crippen molar-refractivity contribution in [2.45, 2.75) is 12.3 Å². The number of hydrogen-bond donors (Lipinski definition) is 4. The lowest BCUT2D eigenvalue weighted by atomic mass is 10.1. The molecule has 1 amide bonds. The fourth-order valence-electron chi connectivity index (χ4n) is 3.55. The number of pyridine rings is 1. The fraction of sp³-hybridized carbons (Fsp3) is 0.273. The minimum absolute atomic E-state index is 0.146. The normalized spacial score (nSPS) is 14.9. The van der Waals surface area contributed by atoms with E-state index in [0.717, 1.165) is 5.69 Å². The maximum Gasteiger partial charge on any atom is 0.282 e. The lowest BCUT2D eigenvalue weighted by Gasteiger charge is -2.40. The minimum Gasteiger partial charge on any atom is -0.395 e. The van der Waals surface area contributed by atoms with Gasteiger partial charge in [0.2, 0.25) is 10.0 Å². The molecule has 0 bridgehead atoms. The highest BCUT2D eigenvalue weighted by atomic mass is 35.5. The summed E-state index contributed by atoms with van der Waals surface area (Å²) in [6.45, 7) is -1.16. The molecule has 186 valence electrons. The zero-order valence-corrected chi connectivity index (χ0v) is 19.8. The van der Waals surface area contributed by atoms with Gasteiger partial charge in [-0.25, -0.2) is 17.2 Å². The quantitative estimate of drug-likeness (QED) is 0.340. The monoisotopic (exact) mass is 525 g/mol. The van der Waals surface area contributed by atoms with Crippen LogP contribution in [-0.4, -0.2) is 60.8 Å². The van der Waals surface area contributed by atoms with Crippen LogP contribution in [0.25, 0.3) is 0 Å². The number of nitrogens with zero attached hydrogens (tertiary/aromatic N) is 2. The third-order valence-corrected chi connectivity index (χ3v) is 6.67. The Kier molecular flexibility index (Phi) is 6.97. The number of carbonyl (C=O) groups excluding carboxylic acids is 1. The molecule has 0 spiro atoms. The Bertz CT molecular complexity index is 1320. The second kappa shape index (κ2) is 9.80. The van der Waals surface area contributed by atoms with Gasteiger partial charge in [0, 0.05) is 34.7 Å². The Morgan fingerprint density at radius 1 is 1.20 bits per heavy atom. The zero-order chi connectivity index (χ0) is 25.2. The van der Waals surface area contributed by atoms with Crippen molar-refractivity contribution < 1.29 is 27.1 Å². The van der Waals surface area contributed by atoms with Crippen LogP contribution < -0.4 is 14.9 Å². The van der Waals surface area contributed by atoms with Crippen molar-refractivity contribution in [1.29, 1.82) is 0 Å². The Labute approximate surface area is 205 Å². The van der Waals surface area contributed by atoms with Crippen molar-refractivity contribution in [3.05, 3.63) is 70.8 Å². The van der Waals surface area contributed by atoms with E-state index in [4.69, 9.17) is 16.7 Å². The summed E-state index contributed by atoms with van der Waals surface area (Å²) < 4.78 is 52.1. The van der Waals surface area contributed by atoms with Gasteiger partial charge in [-0.1, -0.05) is 11.6 Å². The first-order valence-corrected chi connectivity index (χ1v) is 12.5. The zero-order valence-electron chi connectivity index (χ0n) is 18.3. The number of aromatic amines is 1. The van der Waals surface area contributed by atoms with Crippen LogP contribution in [0.15, 0.2) is 48.8 Å². The number of aliphatic hydroxyl groups is 1. The maximum atomic E-state index is 13.0. The van der Waals surface area contributed by atoms with E-state index in [9.17, 15) is 22.0 Å². The van der Waals surface area contributed by atoms with Crippen molar-refractivity contribution in [3.63, 3.8) is 0 Å². The van der Waals surface area contributed by atoms with Crippen LogP contribution in [0.3, 0.4) is 0 Å². The van der Waals surface area contributed by atoms with Gasteiger partial charge in [0.05, 0.1) is 48.6 Å². The topological polar surface area (TPSA) is 127 Å². The molecule has 1 aliphatic rings. The molecule has 4 N–H and O–H groups in total. The molecule has 1 saturated heterocycles. The van der Waals surface area contributed by atoms with Crippen LogP contribution in [0, 0.1) is 0 Å². The maximum absolute atomic E-state index is 13.0. The first kappa shape index (κ1) is 24.9. The molecule has 0 saturated carbocycles. The Morgan fingerprint density at radius 2 is 1.94 bits per heavy atom. The molecule has 0 unspecified atom stereocenters. The van der Waals surface area contributed by atoms with Gasteiger partial charge >= 0.3 is 0 Å². The SMILES string of the molecule is O=C(Nc1cc(Cl)cc(NS(=O)(=O)CCO)c1)c1c[nH]c(Cc2ccc(N3CC(F)(F)C3)cn2)c1. The van der Waals surface area contributed by atoms with Gasteiger partial charge in [-0.05, 0) is 36.4 Å². The van der Waals surface area contributed by atoms with E-state index in [1.165, 1.54) is 24.4 Å². The summed E-state index contributed by atoms with van der Waals surface area (Å²) in [4.78, 5) is 21.5. The molecule has 0 radical (unpaired) electrons. The molecule has 13 heteroatoms. The van der Waals surface area contributed by atoms with E-state index in [1.54, 1.807) is 29.3 Å². The van der Waals surface area contributed by atoms with Gasteiger partial charge in [0.1, 0.15) is 0 Å². The van der Waals surface area contributed by atoms with Crippen molar-refractivity contribution in [2.75, 3.05) is 40.4 Å². The number of rotatable bonds is 9. The lowest BCUT2D eigenvalue weighted by molar-refractivity contribution is -0.0262. The van der Waals surface area contributed by atoms with Gasteiger partial charge in [0.25, 0.3) is 11.8 Å². The van der Waals surface area contributed by atoms with Crippen molar-refractivity contribution in [2.24, 2.45) is 0 Å². The van der Waals surface area contributed by atoms with Crippen LogP contribution in [-0.2, 0) is 16.4 Å². The van der Waals surface area contributed by atoms with Gasteiger partial charge < -0.3 is 20.3 Å². The number of hydrogen-bond acceptors (Lipinski definition) is 6. The smallest absolute Gasteiger partial charge is 0.282 e. The molecule has 1 fully saturated rings. The molecule has 4 rings (SSSR count). The number of carbonyl (C=O) groups is 1. The fourth-order valence-corrected chi connectivity index (χ4v) is 4.60. The largest absolute Gasteiger partial charge is 0.395 e. The second-order valence-electron chi connectivity index (χ2n) is 8.14. The third kappa shape index (κ3) is 6.47. The number of benzene rings is 1. The van der Waals surface area contributed by atoms with Crippen molar-refractivity contribution >= 4 is 44.6 Å². The van der Waals surface area contributed by atoms with E-state index in [-0.39, 0.29) is 29.5 Å². The van der Waals surface area contributed by atoms with E-state index < -0.39 is 34.2 Å². The Hall–Kier alpha value is -3.22. The summed E-state index contributed by atoms with van der Waals surface area (Å²) in [5.74, 6) is -3.57. The molecule has 0 aliphatic carbocycles. The average Bonchev–Trinajstić information content (AvgIpc) is 3.20. The number of aliphatic hydroxyl groups excluding tert-OH is 1. The number of nitrogens with one attached hydrogen (secondary N) is 3. The Morgan fingerprint density at radius 3 is 2.60 bits per heavy atom. The van der Waals surface area contributed by atoms with Crippen LogP contribution >= 0.6 is 11.6 Å². The van der Waals surface area contributed by atoms with Crippen molar-refractivity contribution in [3.8, 4) is 0 Å². The van der Waals surface area contributed by atoms with Crippen LogP contribution in [0.5, 0.6) is 0 Å². The molecule has 3 aromatic rings. The molecule has 35 heavy (non-hydrogen) atoms. The number of sulfonamides is 1. The lowest BCUT2D eigenvalue weighted by Crippen LogP contribution is -2.56. The average molecular weight is 526 g/mol. The van der Waals surface area contributed by atoms with Gasteiger partial charge in [-0.3, -0.25) is 14.5 Å². The highest BCUT2D eigenvalue weighted by Gasteiger charge is 2.43.